The lowest BCUT2D eigenvalue weighted by molar-refractivity contribution is -0.218. The highest BCUT2D eigenvalue weighted by Crippen LogP contribution is 2.37. The second-order valence-corrected chi connectivity index (χ2v) is 5.74. The number of hydrogen-bond acceptors (Lipinski definition) is 3. The predicted molar refractivity (Wildman–Crippen MR) is 82.1 cm³/mol. The number of ether oxygens (including phenoxy) is 2. The Labute approximate surface area is 124 Å². The lowest BCUT2D eigenvalue weighted by atomic mass is 10.00. The van der Waals surface area contributed by atoms with Gasteiger partial charge in [-0.1, -0.05) is 36.4 Å². The Kier molecular flexibility index (Phi) is 3.17. The maximum atomic E-state index is 6.19. The smallest absolute Gasteiger partial charge is 0.213 e. The molecule has 0 bridgehead atoms. The molecule has 2 aliphatic rings. The largest absolute Gasteiger partial charge is 0.462 e. The summed E-state index contributed by atoms with van der Waals surface area (Å²) in [6, 6.07) is 16.8. The van der Waals surface area contributed by atoms with Gasteiger partial charge in [-0.05, 0) is 23.3 Å². The molecule has 1 fully saturated rings. The minimum atomic E-state index is -0.410. The van der Waals surface area contributed by atoms with Crippen LogP contribution in [-0.4, -0.2) is 18.9 Å². The van der Waals surface area contributed by atoms with Gasteiger partial charge >= 0.3 is 0 Å². The maximum absolute atomic E-state index is 6.19. The second kappa shape index (κ2) is 5.17. The van der Waals surface area contributed by atoms with Crippen molar-refractivity contribution in [1.29, 1.82) is 0 Å². The highest BCUT2D eigenvalue weighted by molar-refractivity contribution is 5.65. The first-order chi connectivity index (χ1) is 10.3. The molecule has 1 saturated heterocycles. The van der Waals surface area contributed by atoms with E-state index in [1.807, 2.05) is 6.07 Å². The van der Waals surface area contributed by atoms with E-state index in [9.17, 15) is 0 Å². The van der Waals surface area contributed by atoms with E-state index >= 15 is 0 Å². The molecule has 3 heteroatoms. The van der Waals surface area contributed by atoms with Gasteiger partial charge in [0.25, 0.3) is 0 Å². The van der Waals surface area contributed by atoms with Gasteiger partial charge in [0.15, 0.2) is 0 Å². The summed E-state index contributed by atoms with van der Waals surface area (Å²) in [6.07, 6.45) is 1.82. The summed E-state index contributed by atoms with van der Waals surface area (Å²) >= 11 is 0. The first kappa shape index (κ1) is 12.9. The molecule has 4 rings (SSSR count). The summed E-state index contributed by atoms with van der Waals surface area (Å²) in [5.41, 5.74) is 3.57. The van der Waals surface area contributed by atoms with E-state index in [-0.39, 0.29) is 0 Å². The van der Waals surface area contributed by atoms with Crippen molar-refractivity contribution in [3.8, 4) is 16.9 Å². The van der Waals surface area contributed by atoms with Crippen LogP contribution in [0.2, 0.25) is 0 Å². The molecule has 0 aliphatic carbocycles. The molecule has 108 valence electrons. The lowest BCUT2D eigenvalue weighted by Crippen LogP contribution is -2.49. The molecular weight excluding hydrogens is 262 g/mol. The molecule has 0 radical (unpaired) electrons. The van der Waals surface area contributed by atoms with Crippen LogP contribution < -0.4 is 10.1 Å². The Morgan fingerprint density at radius 1 is 0.905 bits per heavy atom. The zero-order chi connectivity index (χ0) is 14.1. The maximum Gasteiger partial charge on any atom is 0.213 e. The molecule has 0 amide bonds. The Hall–Kier alpha value is -1.84. The third-order valence-electron chi connectivity index (χ3n) is 4.32. The lowest BCUT2D eigenvalue weighted by Gasteiger charge is -2.41. The predicted octanol–water partition coefficient (Wildman–Crippen LogP) is 3.34. The van der Waals surface area contributed by atoms with Crippen LogP contribution >= 0.6 is 0 Å². The van der Waals surface area contributed by atoms with Gasteiger partial charge in [-0.3, -0.25) is 0 Å². The van der Waals surface area contributed by atoms with Crippen molar-refractivity contribution in [2.24, 2.45) is 0 Å². The van der Waals surface area contributed by atoms with Gasteiger partial charge in [0.2, 0.25) is 5.79 Å². The monoisotopic (exact) mass is 281 g/mol. The van der Waals surface area contributed by atoms with Gasteiger partial charge in [0, 0.05) is 31.5 Å². The molecule has 0 aromatic heterocycles. The van der Waals surface area contributed by atoms with Crippen LogP contribution in [0.4, 0.5) is 0 Å². The minimum Gasteiger partial charge on any atom is -0.462 e. The van der Waals surface area contributed by atoms with Crippen molar-refractivity contribution in [3.05, 3.63) is 54.1 Å². The molecular formula is C18H19NO2. The van der Waals surface area contributed by atoms with Crippen LogP contribution in [0.5, 0.6) is 5.75 Å². The zero-order valence-corrected chi connectivity index (χ0v) is 12.0. The topological polar surface area (TPSA) is 30.5 Å². The first-order valence-corrected chi connectivity index (χ1v) is 7.57. The van der Waals surface area contributed by atoms with Gasteiger partial charge in [0.1, 0.15) is 5.75 Å². The third kappa shape index (κ3) is 2.43. The van der Waals surface area contributed by atoms with Gasteiger partial charge in [-0.15, -0.1) is 0 Å². The van der Waals surface area contributed by atoms with Crippen LogP contribution in [0.3, 0.4) is 0 Å². The Morgan fingerprint density at radius 3 is 2.52 bits per heavy atom. The highest BCUT2D eigenvalue weighted by atomic mass is 16.7. The third-order valence-corrected chi connectivity index (χ3v) is 4.32. The molecule has 0 unspecified atom stereocenters. The molecule has 1 N–H and O–H groups in total. The van der Waals surface area contributed by atoms with Crippen molar-refractivity contribution >= 4 is 0 Å². The van der Waals surface area contributed by atoms with Gasteiger partial charge in [-0.2, -0.15) is 0 Å². The number of rotatable bonds is 1. The molecule has 2 aromatic rings. The van der Waals surface area contributed by atoms with Crippen molar-refractivity contribution in [2.45, 2.75) is 25.2 Å². The fourth-order valence-corrected chi connectivity index (χ4v) is 3.10. The summed E-state index contributed by atoms with van der Waals surface area (Å²) in [5, 5.41) is 3.35. The van der Waals surface area contributed by atoms with Crippen LogP contribution in [0.1, 0.15) is 18.4 Å². The van der Waals surface area contributed by atoms with E-state index in [1.54, 1.807) is 0 Å². The molecule has 2 aromatic carbocycles. The molecule has 2 aliphatic heterocycles. The number of hydrogen-bond donors (Lipinski definition) is 1. The van der Waals surface area contributed by atoms with Crippen molar-refractivity contribution in [3.63, 3.8) is 0 Å². The summed E-state index contributed by atoms with van der Waals surface area (Å²) in [7, 11) is 0. The van der Waals surface area contributed by atoms with E-state index in [4.69, 9.17) is 9.47 Å². The van der Waals surface area contributed by atoms with Crippen molar-refractivity contribution in [1.82, 2.24) is 5.32 Å². The van der Waals surface area contributed by atoms with Crippen LogP contribution in [0.15, 0.2) is 48.5 Å². The number of nitrogens with one attached hydrogen (secondary N) is 1. The van der Waals surface area contributed by atoms with E-state index in [2.05, 4.69) is 47.8 Å². The standard InChI is InChI=1S/C18H19NO2/c1-2-4-14(5-3-1)15-6-7-17-16(12-15)13-20-18(21-17)8-10-19-11-9-18/h1-7,12,19H,8-11,13H2. The van der Waals surface area contributed by atoms with E-state index < -0.39 is 5.79 Å². The first-order valence-electron chi connectivity index (χ1n) is 7.57. The zero-order valence-electron chi connectivity index (χ0n) is 12.0. The fourth-order valence-electron chi connectivity index (χ4n) is 3.10. The average Bonchev–Trinajstić information content (AvgIpc) is 2.56. The summed E-state index contributed by atoms with van der Waals surface area (Å²) in [4.78, 5) is 0. The Morgan fingerprint density at radius 2 is 1.71 bits per heavy atom. The summed E-state index contributed by atoms with van der Waals surface area (Å²) in [6.45, 7) is 2.55. The Balaban J connectivity index is 1.63. The van der Waals surface area contributed by atoms with Gasteiger partial charge in [-0.25, -0.2) is 0 Å². The summed E-state index contributed by atoms with van der Waals surface area (Å²) in [5.74, 6) is 0.565. The van der Waals surface area contributed by atoms with Crippen LogP contribution in [0, 0.1) is 0 Å². The molecule has 1 spiro atoms. The number of benzene rings is 2. The minimum absolute atomic E-state index is 0.410. The molecule has 2 heterocycles. The molecule has 0 atom stereocenters. The second-order valence-electron chi connectivity index (χ2n) is 5.74. The number of fused-ring (bicyclic) bond motifs is 1. The normalized spacial score (nSPS) is 19.8. The van der Waals surface area contributed by atoms with E-state index in [1.165, 1.54) is 11.1 Å². The quantitative estimate of drug-likeness (QED) is 0.869. The van der Waals surface area contributed by atoms with E-state index in [0.717, 1.165) is 37.2 Å². The molecule has 3 nitrogen and oxygen atoms in total. The summed E-state index contributed by atoms with van der Waals surface area (Å²) < 4.78 is 12.3. The van der Waals surface area contributed by atoms with E-state index in [0.29, 0.717) is 6.61 Å². The average molecular weight is 281 g/mol. The van der Waals surface area contributed by atoms with Crippen molar-refractivity contribution in [2.75, 3.05) is 13.1 Å². The SMILES string of the molecule is c1ccc(-c2ccc3c(c2)COC2(CCNCC2)O3)cc1. The van der Waals surface area contributed by atoms with Gasteiger partial charge < -0.3 is 14.8 Å². The molecule has 21 heavy (non-hydrogen) atoms. The van der Waals surface area contributed by atoms with Crippen LogP contribution in [-0.2, 0) is 11.3 Å². The van der Waals surface area contributed by atoms with Crippen molar-refractivity contribution < 1.29 is 9.47 Å². The fraction of sp³-hybridized carbons (Fsp3) is 0.333. The Bertz CT molecular complexity index is 633. The molecule has 0 saturated carbocycles. The highest BCUT2D eigenvalue weighted by Gasteiger charge is 2.38. The van der Waals surface area contributed by atoms with Crippen LogP contribution in [0.25, 0.3) is 11.1 Å². The number of piperidine rings is 1. The van der Waals surface area contributed by atoms with Gasteiger partial charge in [0.05, 0.1) is 6.61 Å².